The molecule has 0 unspecified atom stereocenters. The van der Waals surface area contributed by atoms with Crippen molar-refractivity contribution in [2.75, 3.05) is 11.5 Å². The van der Waals surface area contributed by atoms with Gasteiger partial charge in [-0.3, -0.25) is 9.59 Å². The molecule has 1 aliphatic heterocycles. The highest BCUT2D eigenvalue weighted by atomic mass is 16.5. The highest BCUT2D eigenvalue weighted by molar-refractivity contribution is 6.23. The monoisotopic (exact) mass is 437 g/mol. The van der Waals surface area contributed by atoms with Crippen molar-refractivity contribution in [2.24, 2.45) is 11.8 Å². The summed E-state index contributed by atoms with van der Waals surface area (Å²) in [7, 11) is 0. The lowest BCUT2D eigenvalue weighted by Gasteiger charge is -2.46. The third kappa shape index (κ3) is 2.90. The van der Waals surface area contributed by atoms with Crippen LogP contribution in [0.15, 0.2) is 66.7 Å². The number of unbranched alkanes of at least 4 members (excludes halogenated alkanes) is 1. The Bertz CT molecular complexity index is 1260. The topological polar surface area (TPSA) is 46.6 Å². The number of amides is 2. The van der Waals surface area contributed by atoms with Crippen molar-refractivity contribution in [3.63, 3.8) is 0 Å². The molecule has 0 aromatic heterocycles. The van der Waals surface area contributed by atoms with E-state index in [1.807, 2.05) is 36.4 Å². The second-order valence-corrected chi connectivity index (χ2v) is 9.48. The number of benzene rings is 3. The van der Waals surface area contributed by atoms with Gasteiger partial charge >= 0.3 is 0 Å². The van der Waals surface area contributed by atoms with Crippen molar-refractivity contribution in [3.8, 4) is 5.75 Å². The molecule has 0 N–H and O–H groups in total. The van der Waals surface area contributed by atoms with Crippen molar-refractivity contribution in [2.45, 2.75) is 38.5 Å². The standard InChI is InChI=1S/C29H27NO3/c1-3-4-15-33-19-12-10-18(11-13-19)30-28(31)26-24-20-7-5-6-8-21(20)25(27(26)29(30)32)23-16-17(2)9-14-22(23)24/h5-14,16,24-27H,3-4,15H2,1-2H3/t24-,25-,26-,27-/m1/s1. The fourth-order valence-electron chi connectivity index (χ4n) is 6.13. The van der Waals surface area contributed by atoms with Crippen LogP contribution in [0.25, 0.3) is 0 Å². The molecule has 2 bridgehead atoms. The number of aryl methyl sites for hydroxylation is 1. The Morgan fingerprint density at radius 2 is 1.39 bits per heavy atom. The van der Waals surface area contributed by atoms with Crippen LogP contribution in [0.3, 0.4) is 0 Å². The number of rotatable bonds is 5. The highest BCUT2D eigenvalue weighted by Crippen LogP contribution is 2.61. The Hall–Kier alpha value is -3.40. The molecule has 1 fully saturated rings. The van der Waals surface area contributed by atoms with E-state index in [9.17, 15) is 9.59 Å². The fraction of sp³-hybridized carbons (Fsp3) is 0.310. The molecule has 1 saturated heterocycles. The highest BCUT2D eigenvalue weighted by Gasteiger charge is 2.61. The van der Waals surface area contributed by atoms with Crippen molar-refractivity contribution in [3.05, 3.63) is 94.5 Å². The molecule has 4 aliphatic rings. The Balaban J connectivity index is 1.41. The molecule has 2 amide bonds. The first-order valence-corrected chi connectivity index (χ1v) is 11.9. The van der Waals surface area contributed by atoms with E-state index in [1.165, 1.54) is 32.7 Å². The average molecular weight is 438 g/mol. The van der Waals surface area contributed by atoms with Gasteiger partial charge in [-0.15, -0.1) is 0 Å². The molecule has 7 rings (SSSR count). The normalized spacial score (nSPS) is 24.5. The smallest absolute Gasteiger partial charge is 0.238 e. The molecular weight excluding hydrogens is 410 g/mol. The first kappa shape index (κ1) is 20.2. The Morgan fingerprint density at radius 3 is 2.03 bits per heavy atom. The first-order valence-electron chi connectivity index (χ1n) is 11.9. The van der Waals surface area contributed by atoms with Crippen LogP contribution in [0.2, 0.25) is 0 Å². The van der Waals surface area contributed by atoms with Crippen molar-refractivity contribution < 1.29 is 14.3 Å². The second-order valence-electron chi connectivity index (χ2n) is 9.48. The van der Waals surface area contributed by atoms with Crippen LogP contribution < -0.4 is 9.64 Å². The Labute approximate surface area is 194 Å². The summed E-state index contributed by atoms with van der Waals surface area (Å²) in [5.41, 5.74) is 6.62. The van der Waals surface area contributed by atoms with Crippen molar-refractivity contribution in [1.29, 1.82) is 0 Å². The minimum absolute atomic E-state index is 0.0788. The summed E-state index contributed by atoms with van der Waals surface area (Å²) in [5, 5.41) is 0. The molecule has 3 aromatic rings. The predicted octanol–water partition coefficient (Wildman–Crippen LogP) is 5.57. The summed E-state index contributed by atoms with van der Waals surface area (Å²) in [5.74, 6) is -0.268. The van der Waals surface area contributed by atoms with Gasteiger partial charge in [0.15, 0.2) is 0 Å². The van der Waals surface area contributed by atoms with Crippen LogP contribution in [0.5, 0.6) is 5.75 Å². The third-order valence-electron chi connectivity index (χ3n) is 7.56. The summed E-state index contributed by atoms with van der Waals surface area (Å²) in [6, 6.07) is 22.2. The zero-order valence-electron chi connectivity index (χ0n) is 19.0. The molecular formula is C29H27NO3. The van der Waals surface area contributed by atoms with Gasteiger partial charge in [0.1, 0.15) is 5.75 Å². The van der Waals surface area contributed by atoms with Crippen molar-refractivity contribution in [1.82, 2.24) is 0 Å². The summed E-state index contributed by atoms with van der Waals surface area (Å²) in [6.07, 6.45) is 2.07. The maximum absolute atomic E-state index is 13.8. The maximum atomic E-state index is 13.8. The van der Waals surface area contributed by atoms with Crippen LogP contribution in [-0.2, 0) is 9.59 Å². The van der Waals surface area contributed by atoms with Crippen LogP contribution in [0.1, 0.15) is 59.4 Å². The summed E-state index contributed by atoms with van der Waals surface area (Å²) >= 11 is 0. The summed E-state index contributed by atoms with van der Waals surface area (Å²) in [6.45, 7) is 4.88. The van der Waals surface area contributed by atoms with E-state index >= 15 is 0 Å². The van der Waals surface area contributed by atoms with Gasteiger partial charge in [-0.1, -0.05) is 61.4 Å². The lowest BCUT2D eigenvalue weighted by atomic mass is 9.55. The van der Waals surface area contributed by atoms with Gasteiger partial charge in [0.25, 0.3) is 0 Å². The molecule has 4 atom stereocenters. The number of imide groups is 1. The summed E-state index contributed by atoms with van der Waals surface area (Å²) in [4.78, 5) is 29.0. The maximum Gasteiger partial charge on any atom is 0.238 e. The van der Waals surface area contributed by atoms with Crippen LogP contribution in [0, 0.1) is 18.8 Å². The predicted molar refractivity (Wildman–Crippen MR) is 128 cm³/mol. The van der Waals surface area contributed by atoms with E-state index < -0.39 is 0 Å². The van der Waals surface area contributed by atoms with Crippen LogP contribution in [-0.4, -0.2) is 18.4 Å². The molecule has 33 heavy (non-hydrogen) atoms. The van der Waals surface area contributed by atoms with E-state index in [2.05, 4.69) is 44.2 Å². The molecule has 3 aromatic carbocycles. The van der Waals surface area contributed by atoms with E-state index in [1.54, 1.807) is 0 Å². The molecule has 3 aliphatic carbocycles. The van der Waals surface area contributed by atoms with Gasteiger partial charge in [0, 0.05) is 11.8 Å². The molecule has 4 nitrogen and oxygen atoms in total. The number of carbonyl (C=O) groups excluding carboxylic acids is 2. The second kappa shape index (κ2) is 7.58. The summed E-state index contributed by atoms with van der Waals surface area (Å²) < 4.78 is 5.76. The zero-order chi connectivity index (χ0) is 22.7. The van der Waals surface area contributed by atoms with Gasteiger partial charge in [0.05, 0.1) is 24.1 Å². The zero-order valence-corrected chi connectivity index (χ0v) is 19.0. The Kier molecular flexibility index (Phi) is 4.65. The quantitative estimate of drug-likeness (QED) is 0.387. The number of hydrogen-bond donors (Lipinski definition) is 0. The average Bonchev–Trinajstić information content (AvgIpc) is 3.10. The van der Waals surface area contributed by atoms with Gasteiger partial charge in [-0.25, -0.2) is 4.90 Å². The Morgan fingerprint density at radius 1 is 0.788 bits per heavy atom. The third-order valence-corrected chi connectivity index (χ3v) is 7.56. The number of hydrogen-bond acceptors (Lipinski definition) is 3. The van der Waals surface area contributed by atoms with Crippen LogP contribution in [0.4, 0.5) is 5.69 Å². The molecule has 4 heteroatoms. The van der Waals surface area contributed by atoms with Gasteiger partial charge in [-0.05, 0) is 59.9 Å². The molecule has 0 spiro atoms. The number of anilines is 1. The minimum atomic E-state index is -0.354. The molecule has 166 valence electrons. The SMILES string of the molecule is CCCCOc1ccc(N2C(=O)[C@@H]3[C@@H]4c5ccccc5[C@H](c5cc(C)ccc54)[C@H]3C2=O)cc1. The van der Waals surface area contributed by atoms with E-state index in [0.717, 1.165) is 18.6 Å². The number of ether oxygens (including phenoxy) is 1. The van der Waals surface area contributed by atoms with Crippen LogP contribution >= 0.6 is 0 Å². The number of carbonyl (C=O) groups is 2. The minimum Gasteiger partial charge on any atom is -0.494 e. The van der Waals surface area contributed by atoms with E-state index in [4.69, 9.17) is 4.74 Å². The first-order chi connectivity index (χ1) is 16.1. The molecule has 0 radical (unpaired) electrons. The fourth-order valence-corrected chi connectivity index (χ4v) is 6.13. The van der Waals surface area contributed by atoms with Crippen molar-refractivity contribution >= 4 is 17.5 Å². The number of nitrogens with zero attached hydrogens (tertiary/aromatic N) is 1. The largest absolute Gasteiger partial charge is 0.494 e. The lowest BCUT2D eigenvalue weighted by molar-refractivity contribution is -0.122. The lowest BCUT2D eigenvalue weighted by Crippen LogP contribution is -2.41. The van der Waals surface area contributed by atoms with Gasteiger partial charge in [-0.2, -0.15) is 0 Å². The van der Waals surface area contributed by atoms with E-state index in [0.29, 0.717) is 12.3 Å². The van der Waals surface area contributed by atoms with Gasteiger partial charge < -0.3 is 4.74 Å². The molecule has 0 saturated carbocycles. The van der Waals surface area contributed by atoms with E-state index in [-0.39, 0.29) is 35.5 Å². The molecule has 1 heterocycles. The van der Waals surface area contributed by atoms with Gasteiger partial charge in [0.2, 0.25) is 11.8 Å².